The van der Waals surface area contributed by atoms with Crippen LogP contribution in [-0.4, -0.2) is 46.5 Å². The van der Waals surface area contributed by atoms with Crippen molar-refractivity contribution in [2.45, 2.75) is 38.6 Å². The zero-order valence-corrected chi connectivity index (χ0v) is 14.9. The van der Waals surface area contributed by atoms with Gasteiger partial charge in [0, 0.05) is 24.2 Å². The Kier molecular flexibility index (Phi) is 5.93. The summed E-state index contributed by atoms with van der Waals surface area (Å²) in [6.45, 7) is 4.96. The lowest BCUT2D eigenvalue weighted by atomic mass is 10.0. The van der Waals surface area contributed by atoms with Gasteiger partial charge in [-0.25, -0.2) is 4.98 Å². The van der Waals surface area contributed by atoms with Gasteiger partial charge in [0.05, 0.1) is 17.8 Å². The summed E-state index contributed by atoms with van der Waals surface area (Å²) in [6, 6.07) is 6.16. The third kappa shape index (κ3) is 4.19. The molecule has 0 spiro atoms. The second kappa shape index (κ2) is 8.35. The van der Waals surface area contributed by atoms with Crippen LogP contribution in [0.2, 0.25) is 0 Å². The Balaban J connectivity index is 1.67. The number of hydrogen-bond acceptors (Lipinski definition) is 5. The summed E-state index contributed by atoms with van der Waals surface area (Å²) in [4.78, 5) is 23.8. The minimum Gasteiger partial charge on any atom is -0.339 e. The van der Waals surface area contributed by atoms with E-state index >= 15 is 0 Å². The highest BCUT2D eigenvalue weighted by molar-refractivity contribution is 7.13. The van der Waals surface area contributed by atoms with Crippen LogP contribution in [0, 0.1) is 0 Å². The van der Waals surface area contributed by atoms with Crippen molar-refractivity contribution in [3.05, 3.63) is 35.5 Å². The lowest BCUT2D eigenvalue weighted by Crippen LogP contribution is -2.47. The van der Waals surface area contributed by atoms with Crippen molar-refractivity contribution in [3.8, 4) is 10.7 Å². The molecule has 1 amide bonds. The molecule has 0 aromatic carbocycles. The molecule has 0 saturated carbocycles. The second-order valence-electron chi connectivity index (χ2n) is 6.10. The van der Waals surface area contributed by atoms with E-state index in [4.69, 9.17) is 0 Å². The molecular weight excluding hydrogens is 320 g/mol. The molecule has 1 saturated heterocycles. The number of rotatable bonds is 6. The molecule has 0 bridgehead atoms. The van der Waals surface area contributed by atoms with Gasteiger partial charge in [-0.3, -0.25) is 9.78 Å². The molecule has 0 radical (unpaired) electrons. The smallest absolute Gasteiger partial charge is 0.228 e. The Hall–Kier alpha value is -1.79. The molecule has 1 fully saturated rings. The Bertz CT molecular complexity index is 652. The maximum absolute atomic E-state index is 12.8. The number of amides is 1. The van der Waals surface area contributed by atoms with E-state index in [9.17, 15) is 4.79 Å². The van der Waals surface area contributed by atoms with Gasteiger partial charge in [-0.05, 0) is 44.5 Å². The molecule has 1 aliphatic heterocycles. The van der Waals surface area contributed by atoms with Crippen LogP contribution in [0.1, 0.15) is 31.9 Å². The van der Waals surface area contributed by atoms with Crippen LogP contribution in [-0.2, 0) is 11.2 Å². The van der Waals surface area contributed by atoms with Crippen molar-refractivity contribution in [1.29, 1.82) is 0 Å². The molecule has 1 aliphatic rings. The van der Waals surface area contributed by atoms with Crippen molar-refractivity contribution in [3.63, 3.8) is 0 Å². The molecular formula is C18H24N4OS. The molecule has 6 heteroatoms. The third-order valence-electron chi connectivity index (χ3n) is 4.30. The van der Waals surface area contributed by atoms with Crippen LogP contribution < -0.4 is 5.32 Å². The molecule has 2 aromatic rings. The standard InChI is InChI=1S/C18H24N4OS/c1-2-11-22(15-6-9-19-10-7-15)17(23)12-14-13-24-18(21-14)16-5-3-4-8-20-16/h3-5,8,13,15,19H,2,6-7,9-12H2,1H3. The van der Waals surface area contributed by atoms with Crippen LogP contribution in [0.25, 0.3) is 10.7 Å². The minimum atomic E-state index is 0.196. The van der Waals surface area contributed by atoms with Gasteiger partial charge >= 0.3 is 0 Å². The zero-order chi connectivity index (χ0) is 16.8. The number of carbonyl (C=O) groups is 1. The van der Waals surface area contributed by atoms with Crippen molar-refractivity contribution < 1.29 is 4.79 Å². The van der Waals surface area contributed by atoms with Gasteiger partial charge in [0.25, 0.3) is 0 Å². The molecule has 0 unspecified atom stereocenters. The van der Waals surface area contributed by atoms with Gasteiger partial charge in [0.2, 0.25) is 5.91 Å². The second-order valence-corrected chi connectivity index (χ2v) is 6.96. The van der Waals surface area contributed by atoms with E-state index in [1.54, 1.807) is 17.5 Å². The van der Waals surface area contributed by atoms with Crippen LogP contribution in [0.5, 0.6) is 0 Å². The molecule has 1 N–H and O–H groups in total. The zero-order valence-electron chi connectivity index (χ0n) is 14.1. The summed E-state index contributed by atoms with van der Waals surface area (Å²) in [5, 5.41) is 6.22. The average molecular weight is 344 g/mol. The first-order valence-corrected chi connectivity index (χ1v) is 9.52. The van der Waals surface area contributed by atoms with E-state index in [0.717, 1.165) is 55.3 Å². The van der Waals surface area contributed by atoms with Crippen LogP contribution in [0.3, 0.4) is 0 Å². The Morgan fingerprint density at radius 3 is 2.92 bits per heavy atom. The molecule has 3 heterocycles. The van der Waals surface area contributed by atoms with Gasteiger partial charge in [0.15, 0.2) is 0 Å². The largest absolute Gasteiger partial charge is 0.339 e. The SMILES string of the molecule is CCCN(C(=O)Cc1csc(-c2ccccn2)n1)C1CCNCC1. The van der Waals surface area contributed by atoms with Crippen molar-refractivity contribution in [2.24, 2.45) is 0 Å². The van der Waals surface area contributed by atoms with E-state index in [-0.39, 0.29) is 5.91 Å². The molecule has 3 rings (SSSR count). The monoisotopic (exact) mass is 344 g/mol. The van der Waals surface area contributed by atoms with Crippen molar-refractivity contribution >= 4 is 17.2 Å². The number of pyridine rings is 1. The first kappa shape index (κ1) is 17.0. The normalized spacial score (nSPS) is 15.4. The van der Waals surface area contributed by atoms with Crippen molar-refractivity contribution in [2.75, 3.05) is 19.6 Å². The summed E-state index contributed by atoms with van der Waals surface area (Å²) >= 11 is 1.55. The fraction of sp³-hybridized carbons (Fsp3) is 0.500. The molecule has 24 heavy (non-hydrogen) atoms. The number of nitrogens with one attached hydrogen (secondary N) is 1. The highest BCUT2D eigenvalue weighted by atomic mass is 32.1. The quantitative estimate of drug-likeness (QED) is 0.875. The number of carbonyl (C=O) groups excluding carboxylic acids is 1. The maximum atomic E-state index is 12.8. The van der Waals surface area contributed by atoms with Crippen LogP contribution in [0.15, 0.2) is 29.8 Å². The highest BCUT2D eigenvalue weighted by Gasteiger charge is 2.25. The van der Waals surface area contributed by atoms with Crippen LogP contribution in [0.4, 0.5) is 0 Å². The van der Waals surface area contributed by atoms with Gasteiger partial charge in [0.1, 0.15) is 5.01 Å². The Morgan fingerprint density at radius 1 is 1.38 bits per heavy atom. The maximum Gasteiger partial charge on any atom is 0.228 e. The fourth-order valence-electron chi connectivity index (χ4n) is 3.12. The van der Waals surface area contributed by atoms with Crippen LogP contribution >= 0.6 is 11.3 Å². The average Bonchev–Trinajstić information content (AvgIpc) is 3.09. The third-order valence-corrected chi connectivity index (χ3v) is 5.22. The Morgan fingerprint density at radius 2 is 2.21 bits per heavy atom. The lowest BCUT2D eigenvalue weighted by Gasteiger charge is -2.34. The van der Waals surface area contributed by atoms with Gasteiger partial charge < -0.3 is 10.2 Å². The first-order valence-electron chi connectivity index (χ1n) is 8.64. The summed E-state index contributed by atoms with van der Waals surface area (Å²) in [7, 11) is 0. The molecule has 0 atom stereocenters. The number of piperidine rings is 1. The number of nitrogens with zero attached hydrogens (tertiary/aromatic N) is 3. The number of thiazole rings is 1. The van der Waals surface area contributed by atoms with Gasteiger partial charge in [-0.15, -0.1) is 11.3 Å². The van der Waals surface area contributed by atoms with Gasteiger partial charge in [-0.1, -0.05) is 13.0 Å². The summed E-state index contributed by atoms with van der Waals surface area (Å²) < 4.78 is 0. The van der Waals surface area contributed by atoms with Gasteiger partial charge in [-0.2, -0.15) is 0 Å². The minimum absolute atomic E-state index is 0.196. The molecule has 0 aliphatic carbocycles. The summed E-state index contributed by atoms with van der Waals surface area (Å²) in [6.07, 6.45) is 5.23. The van der Waals surface area contributed by atoms with E-state index < -0.39 is 0 Å². The predicted molar refractivity (Wildman–Crippen MR) is 96.9 cm³/mol. The van der Waals surface area contributed by atoms with E-state index in [0.29, 0.717) is 12.5 Å². The summed E-state index contributed by atoms with van der Waals surface area (Å²) in [5.74, 6) is 0.196. The molecule has 2 aromatic heterocycles. The number of aromatic nitrogens is 2. The number of hydrogen-bond donors (Lipinski definition) is 1. The fourth-order valence-corrected chi connectivity index (χ4v) is 3.92. The highest BCUT2D eigenvalue weighted by Crippen LogP contribution is 2.22. The topological polar surface area (TPSA) is 58.1 Å². The molecule has 5 nitrogen and oxygen atoms in total. The Labute approximate surface area is 147 Å². The van der Waals surface area contributed by atoms with E-state index in [2.05, 4.69) is 27.1 Å². The van der Waals surface area contributed by atoms with Crippen molar-refractivity contribution in [1.82, 2.24) is 20.2 Å². The first-order chi connectivity index (χ1) is 11.8. The summed E-state index contributed by atoms with van der Waals surface area (Å²) in [5.41, 5.74) is 1.71. The molecule has 128 valence electrons. The van der Waals surface area contributed by atoms with E-state index in [1.165, 1.54) is 0 Å². The lowest BCUT2D eigenvalue weighted by molar-refractivity contribution is -0.133. The van der Waals surface area contributed by atoms with E-state index in [1.807, 2.05) is 23.6 Å². The predicted octanol–water partition coefficient (Wildman–Crippen LogP) is 2.74.